The number of benzene rings is 1. The number of carboxylic acids is 1. The summed E-state index contributed by atoms with van der Waals surface area (Å²) in [4.78, 5) is 26.3. The van der Waals surface area contributed by atoms with Gasteiger partial charge in [0.1, 0.15) is 11.5 Å². The van der Waals surface area contributed by atoms with Crippen molar-refractivity contribution < 1.29 is 19.4 Å². The van der Waals surface area contributed by atoms with Crippen LogP contribution in [-0.4, -0.2) is 39.6 Å². The van der Waals surface area contributed by atoms with E-state index in [-0.39, 0.29) is 5.91 Å². The van der Waals surface area contributed by atoms with E-state index in [1.54, 1.807) is 11.8 Å². The van der Waals surface area contributed by atoms with Crippen LogP contribution < -0.4 is 0 Å². The van der Waals surface area contributed by atoms with Crippen molar-refractivity contribution >= 4 is 11.9 Å². The van der Waals surface area contributed by atoms with Crippen molar-refractivity contribution in [1.82, 2.24) is 4.90 Å². The topological polar surface area (TPSA) is 66.8 Å². The lowest BCUT2D eigenvalue weighted by atomic mass is 9.72. The summed E-state index contributed by atoms with van der Waals surface area (Å²) >= 11 is 0. The summed E-state index contributed by atoms with van der Waals surface area (Å²) in [7, 11) is 0. The highest BCUT2D eigenvalue weighted by molar-refractivity contribution is 5.91. The first-order valence-corrected chi connectivity index (χ1v) is 7.82. The number of nitrogens with zero attached hydrogens (tertiary/aromatic N) is 1. The summed E-state index contributed by atoms with van der Waals surface area (Å²) in [5, 5.41) is 9.58. The molecule has 1 aromatic rings. The highest BCUT2D eigenvalue weighted by atomic mass is 16.5. The molecule has 1 N–H and O–H groups in total. The maximum Gasteiger partial charge on any atom is 0.310 e. The molecule has 0 aliphatic carbocycles. The number of fused-ring (bicyclic) bond motifs is 1. The maximum absolute atomic E-state index is 12.8. The lowest BCUT2D eigenvalue weighted by Crippen LogP contribution is -2.43. The van der Waals surface area contributed by atoms with E-state index < -0.39 is 29.0 Å². The van der Waals surface area contributed by atoms with Gasteiger partial charge in [0.05, 0.1) is 18.1 Å². The molecule has 1 spiro atoms. The summed E-state index contributed by atoms with van der Waals surface area (Å²) in [6, 6.07) is 8.02. The SMILES string of the molecule is Cc1ccc(CN2C[C@@]34C=C[C@@](C)(O3)[C@@H](C(=O)O)[C@@H]4C2=O)cc1. The number of hydrogen-bond acceptors (Lipinski definition) is 3. The zero-order chi connectivity index (χ0) is 16.4. The van der Waals surface area contributed by atoms with E-state index in [9.17, 15) is 14.7 Å². The highest BCUT2D eigenvalue weighted by Crippen LogP contribution is 2.57. The van der Waals surface area contributed by atoms with Crippen molar-refractivity contribution in [2.75, 3.05) is 6.54 Å². The minimum Gasteiger partial charge on any atom is -0.481 e. The van der Waals surface area contributed by atoms with Gasteiger partial charge in [-0.2, -0.15) is 0 Å². The Hall–Kier alpha value is -2.14. The van der Waals surface area contributed by atoms with Gasteiger partial charge in [0, 0.05) is 6.54 Å². The fourth-order valence-electron chi connectivity index (χ4n) is 4.27. The molecular formula is C18H19NO4. The molecule has 0 aromatic heterocycles. The standard InChI is InChI=1S/C18H19NO4/c1-11-3-5-12(6-4-11)9-19-10-18-8-7-17(2,23-18)14(16(21)22)13(18)15(19)20/h3-8,13-14H,9-10H2,1-2H3,(H,21,22)/t13-,14-,17-,18-/m1/s1. The molecule has 1 aromatic carbocycles. The van der Waals surface area contributed by atoms with Gasteiger partial charge in [-0.1, -0.05) is 42.0 Å². The third-order valence-corrected chi connectivity index (χ3v) is 5.36. The number of rotatable bonds is 3. The lowest BCUT2D eigenvalue weighted by molar-refractivity contribution is -0.151. The normalized spacial score (nSPS) is 37.5. The van der Waals surface area contributed by atoms with Gasteiger partial charge in [0.25, 0.3) is 0 Å². The zero-order valence-electron chi connectivity index (χ0n) is 13.2. The van der Waals surface area contributed by atoms with Crippen molar-refractivity contribution in [1.29, 1.82) is 0 Å². The Labute approximate surface area is 134 Å². The highest BCUT2D eigenvalue weighted by Gasteiger charge is 2.71. The Morgan fingerprint density at radius 1 is 1.35 bits per heavy atom. The summed E-state index contributed by atoms with van der Waals surface area (Å²) in [5.41, 5.74) is 0.555. The predicted octanol–water partition coefficient (Wildman–Crippen LogP) is 1.75. The maximum atomic E-state index is 12.8. The van der Waals surface area contributed by atoms with E-state index in [0.29, 0.717) is 13.1 Å². The van der Waals surface area contributed by atoms with Crippen molar-refractivity contribution in [3.8, 4) is 0 Å². The largest absolute Gasteiger partial charge is 0.481 e. The second-order valence-electron chi connectivity index (χ2n) is 7.05. The summed E-state index contributed by atoms with van der Waals surface area (Å²) in [6.07, 6.45) is 3.70. The fraction of sp³-hybridized carbons (Fsp3) is 0.444. The Bertz CT molecular complexity index is 725. The monoisotopic (exact) mass is 313 g/mol. The van der Waals surface area contributed by atoms with Crippen LogP contribution in [0.15, 0.2) is 36.4 Å². The van der Waals surface area contributed by atoms with Crippen molar-refractivity contribution in [3.63, 3.8) is 0 Å². The van der Waals surface area contributed by atoms with Crippen LogP contribution in [0, 0.1) is 18.8 Å². The number of amides is 1. The molecule has 4 rings (SSSR count). The Balaban J connectivity index is 1.64. The van der Waals surface area contributed by atoms with Crippen LogP contribution in [-0.2, 0) is 20.9 Å². The van der Waals surface area contributed by atoms with Gasteiger partial charge in [-0.15, -0.1) is 0 Å². The molecule has 1 amide bonds. The Morgan fingerprint density at radius 3 is 2.70 bits per heavy atom. The molecule has 3 aliphatic heterocycles. The van der Waals surface area contributed by atoms with Gasteiger partial charge in [-0.3, -0.25) is 9.59 Å². The molecule has 5 nitrogen and oxygen atoms in total. The second kappa shape index (κ2) is 4.45. The number of likely N-dealkylation sites (tertiary alicyclic amines) is 1. The second-order valence-corrected chi connectivity index (χ2v) is 7.05. The van der Waals surface area contributed by atoms with Crippen molar-refractivity contribution in [2.45, 2.75) is 31.6 Å². The van der Waals surface area contributed by atoms with Gasteiger partial charge in [0.15, 0.2) is 0 Å². The molecule has 3 heterocycles. The van der Waals surface area contributed by atoms with Crippen LogP contribution in [0.3, 0.4) is 0 Å². The van der Waals surface area contributed by atoms with Crippen LogP contribution in [0.1, 0.15) is 18.1 Å². The first kappa shape index (κ1) is 14.5. The first-order chi connectivity index (χ1) is 10.8. The minimum absolute atomic E-state index is 0.119. The number of ether oxygens (including phenoxy) is 1. The van der Waals surface area contributed by atoms with Crippen LogP contribution in [0.4, 0.5) is 0 Å². The van der Waals surface area contributed by atoms with E-state index in [2.05, 4.69) is 0 Å². The molecular weight excluding hydrogens is 294 g/mol. The number of carbonyl (C=O) groups excluding carboxylic acids is 1. The van der Waals surface area contributed by atoms with Gasteiger partial charge >= 0.3 is 5.97 Å². The summed E-state index contributed by atoms with van der Waals surface area (Å²) < 4.78 is 6.05. The molecule has 2 saturated heterocycles. The number of carbonyl (C=O) groups is 2. The Morgan fingerprint density at radius 2 is 2.04 bits per heavy atom. The van der Waals surface area contributed by atoms with Gasteiger partial charge in [-0.25, -0.2) is 0 Å². The molecule has 0 saturated carbocycles. The van der Waals surface area contributed by atoms with Gasteiger partial charge in [-0.05, 0) is 19.4 Å². The quantitative estimate of drug-likeness (QED) is 0.863. The molecule has 2 bridgehead atoms. The number of aliphatic carboxylic acids is 1. The van der Waals surface area contributed by atoms with Crippen LogP contribution in [0.2, 0.25) is 0 Å². The number of aryl methyl sites for hydroxylation is 1. The summed E-state index contributed by atoms with van der Waals surface area (Å²) in [6.45, 7) is 4.68. The Kier molecular flexibility index (Phi) is 2.79. The predicted molar refractivity (Wildman–Crippen MR) is 82.6 cm³/mol. The number of hydrogen-bond donors (Lipinski definition) is 1. The molecule has 0 unspecified atom stereocenters. The molecule has 120 valence electrons. The van der Waals surface area contributed by atoms with E-state index in [1.165, 1.54) is 5.56 Å². The van der Waals surface area contributed by atoms with Gasteiger partial charge < -0.3 is 14.7 Å². The van der Waals surface area contributed by atoms with E-state index in [0.717, 1.165) is 5.56 Å². The van der Waals surface area contributed by atoms with Crippen LogP contribution >= 0.6 is 0 Å². The molecule has 3 aliphatic rings. The van der Waals surface area contributed by atoms with Crippen LogP contribution in [0.5, 0.6) is 0 Å². The van der Waals surface area contributed by atoms with E-state index in [4.69, 9.17) is 4.74 Å². The van der Waals surface area contributed by atoms with Crippen molar-refractivity contribution in [3.05, 3.63) is 47.5 Å². The smallest absolute Gasteiger partial charge is 0.310 e. The molecule has 23 heavy (non-hydrogen) atoms. The van der Waals surface area contributed by atoms with E-state index >= 15 is 0 Å². The van der Waals surface area contributed by atoms with Crippen LogP contribution in [0.25, 0.3) is 0 Å². The molecule has 0 radical (unpaired) electrons. The van der Waals surface area contributed by atoms with Gasteiger partial charge in [0.2, 0.25) is 5.91 Å². The lowest BCUT2D eigenvalue weighted by Gasteiger charge is -2.27. The average Bonchev–Trinajstić information content (AvgIpc) is 3.04. The fourth-order valence-corrected chi connectivity index (χ4v) is 4.27. The third kappa shape index (κ3) is 1.89. The minimum atomic E-state index is -0.964. The first-order valence-electron chi connectivity index (χ1n) is 7.82. The zero-order valence-corrected chi connectivity index (χ0v) is 13.2. The van der Waals surface area contributed by atoms with Crippen molar-refractivity contribution in [2.24, 2.45) is 11.8 Å². The molecule has 5 heteroatoms. The van der Waals surface area contributed by atoms with E-state index in [1.807, 2.05) is 43.3 Å². The molecule has 4 atom stereocenters. The number of carboxylic acid groups (broad SMARTS) is 1. The average molecular weight is 313 g/mol. The summed E-state index contributed by atoms with van der Waals surface area (Å²) in [5.74, 6) is -2.52. The molecule has 2 fully saturated rings. The third-order valence-electron chi connectivity index (χ3n) is 5.36.